The van der Waals surface area contributed by atoms with Crippen molar-refractivity contribution >= 4 is 5.91 Å². The Balaban J connectivity index is 1.60. The fourth-order valence-corrected chi connectivity index (χ4v) is 4.53. The first-order valence-electron chi connectivity index (χ1n) is 10.7. The summed E-state index contributed by atoms with van der Waals surface area (Å²) in [5.41, 5.74) is 3.41. The molecule has 7 heteroatoms. The zero-order valence-electron chi connectivity index (χ0n) is 17.4. The Morgan fingerprint density at radius 2 is 2.03 bits per heavy atom. The maximum Gasteiger partial charge on any atom is 0.273 e. The lowest BCUT2D eigenvalue weighted by atomic mass is 9.95. The molecule has 2 aromatic carbocycles. The third-order valence-electron chi connectivity index (χ3n) is 5.95. The van der Waals surface area contributed by atoms with Crippen LogP contribution in [0.3, 0.4) is 0 Å². The summed E-state index contributed by atoms with van der Waals surface area (Å²) < 4.78 is 11.4. The third kappa shape index (κ3) is 3.45. The number of aromatic nitrogens is 2. The van der Waals surface area contributed by atoms with Gasteiger partial charge in [-0.2, -0.15) is 5.10 Å². The number of carbonyl (C=O) groups is 1. The minimum Gasteiger partial charge on any atom is -0.507 e. The number of rotatable bonds is 6. The lowest BCUT2D eigenvalue weighted by molar-refractivity contribution is 0.0495. The van der Waals surface area contributed by atoms with Crippen LogP contribution in [-0.4, -0.2) is 52.0 Å². The van der Waals surface area contributed by atoms with E-state index in [1.807, 2.05) is 48.2 Å². The minimum atomic E-state index is -0.323. The monoisotopic (exact) mass is 419 g/mol. The molecular weight excluding hydrogens is 394 g/mol. The molecule has 1 saturated heterocycles. The van der Waals surface area contributed by atoms with Crippen molar-refractivity contribution in [2.45, 2.75) is 31.9 Å². The average molecular weight is 419 g/mol. The summed E-state index contributed by atoms with van der Waals surface area (Å²) in [5.74, 6) is 0.820. The zero-order valence-corrected chi connectivity index (χ0v) is 17.4. The minimum absolute atomic E-state index is 0.0275. The molecular formula is C24H25N3O4. The second-order valence-corrected chi connectivity index (χ2v) is 7.88. The lowest BCUT2D eigenvalue weighted by Crippen LogP contribution is -2.36. The molecule has 1 fully saturated rings. The van der Waals surface area contributed by atoms with Crippen molar-refractivity contribution in [1.82, 2.24) is 15.1 Å². The van der Waals surface area contributed by atoms with E-state index in [1.165, 1.54) is 0 Å². The summed E-state index contributed by atoms with van der Waals surface area (Å²) in [6, 6.07) is 14.6. The fourth-order valence-electron chi connectivity index (χ4n) is 4.53. The van der Waals surface area contributed by atoms with E-state index in [1.54, 1.807) is 12.1 Å². The Bertz CT molecular complexity index is 1090. The number of carbonyl (C=O) groups excluding carboxylic acids is 1. The van der Waals surface area contributed by atoms with Crippen LogP contribution in [0.2, 0.25) is 0 Å². The number of phenols is 1. The Kier molecular flexibility index (Phi) is 5.11. The molecule has 0 spiro atoms. The summed E-state index contributed by atoms with van der Waals surface area (Å²) in [4.78, 5) is 15.2. The van der Waals surface area contributed by atoms with Crippen LogP contribution < -0.4 is 4.74 Å². The standard InChI is InChI=1S/C24H25N3O4/c1-2-30-16-11-9-15(10-12-16)23-20-21(18-7-3-4-8-19(18)28)25-26-22(20)24(29)27(23)14-17-6-5-13-31-17/h3-4,7-12,17,23,28H,2,5-6,13-14H2,1H3,(H,25,26)/t17-,23+/m0/s1. The van der Waals surface area contributed by atoms with E-state index in [4.69, 9.17) is 9.47 Å². The van der Waals surface area contributed by atoms with Crippen LogP contribution in [0, 0.1) is 0 Å². The highest BCUT2D eigenvalue weighted by Gasteiger charge is 2.43. The van der Waals surface area contributed by atoms with E-state index in [0.717, 1.165) is 36.3 Å². The molecule has 0 aliphatic carbocycles. The van der Waals surface area contributed by atoms with Gasteiger partial charge in [-0.05, 0) is 49.6 Å². The van der Waals surface area contributed by atoms with Crippen molar-refractivity contribution in [3.8, 4) is 22.8 Å². The largest absolute Gasteiger partial charge is 0.507 e. The van der Waals surface area contributed by atoms with Crippen molar-refractivity contribution in [2.75, 3.05) is 19.8 Å². The van der Waals surface area contributed by atoms with E-state index in [-0.39, 0.29) is 23.8 Å². The van der Waals surface area contributed by atoms with Crippen LogP contribution in [0.15, 0.2) is 48.5 Å². The van der Waals surface area contributed by atoms with Gasteiger partial charge in [0.05, 0.1) is 18.8 Å². The summed E-state index contributed by atoms with van der Waals surface area (Å²) in [6.45, 7) is 3.79. The van der Waals surface area contributed by atoms with Gasteiger partial charge in [-0.25, -0.2) is 0 Å². The van der Waals surface area contributed by atoms with E-state index >= 15 is 0 Å². The highest BCUT2D eigenvalue weighted by atomic mass is 16.5. The van der Waals surface area contributed by atoms with E-state index in [2.05, 4.69) is 10.2 Å². The van der Waals surface area contributed by atoms with Gasteiger partial charge >= 0.3 is 0 Å². The molecule has 2 N–H and O–H groups in total. The van der Waals surface area contributed by atoms with Crippen LogP contribution in [0.5, 0.6) is 11.5 Å². The Labute approximate surface area is 180 Å². The molecule has 160 valence electrons. The van der Waals surface area contributed by atoms with Crippen molar-refractivity contribution in [3.63, 3.8) is 0 Å². The van der Waals surface area contributed by atoms with Gasteiger partial charge in [-0.1, -0.05) is 24.3 Å². The van der Waals surface area contributed by atoms with Crippen LogP contribution in [0.1, 0.15) is 47.4 Å². The number of nitrogens with one attached hydrogen (secondary N) is 1. The number of para-hydroxylation sites is 1. The van der Waals surface area contributed by atoms with Crippen LogP contribution in [0.4, 0.5) is 0 Å². The predicted molar refractivity (Wildman–Crippen MR) is 115 cm³/mol. The summed E-state index contributed by atoms with van der Waals surface area (Å²) in [5, 5.41) is 17.8. The van der Waals surface area contributed by atoms with Crippen molar-refractivity contribution < 1.29 is 19.4 Å². The summed E-state index contributed by atoms with van der Waals surface area (Å²) in [6.07, 6.45) is 1.98. The first-order chi connectivity index (χ1) is 15.2. The van der Waals surface area contributed by atoms with E-state index < -0.39 is 0 Å². The Hall–Kier alpha value is -3.32. The number of nitrogens with zero attached hydrogens (tertiary/aromatic N) is 2. The van der Waals surface area contributed by atoms with Gasteiger partial charge < -0.3 is 19.5 Å². The SMILES string of the molecule is CCOc1ccc([C@@H]2c3c(-c4ccccc4O)n[nH]c3C(=O)N2C[C@@H]2CCCO2)cc1. The third-order valence-corrected chi connectivity index (χ3v) is 5.95. The Morgan fingerprint density at radius 1 is 1.23 bits per heavy atom. The number of ether oxygens (including phenoxy) is 2. The second-order valence-electron chi connectivity index (χ2n) is 7.88. The van der Waals surface area contributed by atoms with Gasteiger partial charge in [0.25, 0.3) is 5.91 Å². The van der Waals surface area contributed by atoms with Gasteiger partial charge in [0.15, 0.2) is 0 Å². The summed E-state index contributed by atoms with van der Waals surface area (Å²) in [7, 11) is 0. The molecule has 2 aliphatic heterocycles. The van der Waals surface area contributed by atoms with Crippen molar-refractivity contribution in [2.24, 2.45) is 0 Å². The molecule has 0 radical (unpaired) electrons. The molecule has 1 amide bonds. The molecule has 7 nitrogen and oxygen atoms in total. The van der Waals surface area contributed by atoms with Crippen molar-refractivity contribution in [3.05, 3.63) is 65.4 Å². The molecule has 0 unspecified atom stereocenters. The molecule has 2 atom stereocenters. The molecule has 5 rings (SSSR count). The molecule has 2 aliphatic rings. The number of aromatic amines is 1. The van der Waals surface area contributed by atoms with Crippen LogP contribution in [-0.2, 0) is 4.74 Å². The molecule has 0 saturated carbocycles. The first kappa shape index (κ1) is 19.6. The Morgan fingerprint density at radius 3 is 2.74 bits per heavy atom. The van der Waals surface area contributed by atoms with Gasteiger partial charge in [0.2, 0.25) is 0 Å². The summed E-state index contributed by atoms with van der Waals surface area (Å²) >= 11 is 0. The number of fused-ring (bicyclic) bond motifs is 1. The number of hydrogen-bond acceptors (Lipinski definition) is 5. The van der Waals surface area contributed by atoms with Gasteiger partial charge in [-0.3, -0.25) is 9.89 Å². The molecule has 3 heterocycles. The van der Waals surface area contributed by atoms with Gasteiger partial charge in [0.1, 0.15) is 22.9 Å². The van der Waals surface area contributed by atoms with Crippen LogP contribution in [0.25, 0.3) is 11.3 Å². The van der Waals surface area contributed by atoms with E-state index in [0.29, 0.717) is 30.1 Å². The highest BCUT2D eigenvalue weighted by molar-refractivity contribution is 6.00. The predicted octanol–water partition coefficient (Wildman–Crippen LogP) is 3.91. The molecule has 31 heavy (non-hydrogen) atoms. The highest BCUT2D eigenvalue weighted by Crippen LogP contribution is 2.45. The number of H-pyrrole nitrogens is 1. The molecule has 3 aromatic rings. The lowest BCUT2D eigenvalue weighted by Gasteiger charge is -2.28. The maximum atomic E-state index is 13.4. The number of benzene rings is 2. The second kappa shape index (κ2) is 8.07. The maximum absolute atomic E-state index is 13.4. The normalized spacial score (nSPS) is 20.3. The average Bonchev–Trinajstić information content (AvgIpc) is 3.50. The van der Waals surface area contributed by atoms with Gasteiger partial charge in [0, 0.05) is 24.3 Å². The first-order valence-corrected chi connectivity index (χ1v) is 10.7. The van der Waals surface area contributed by atoms with Crippen LogP contribution >= 0.6 is 0 Å². The topological polar surface area (TPSA) is 87.7 Å². The van der Waals surface area contributed by atoms with Gasteiger partial charge in [-0.15, -0.1) is 0 Å². The number of phenolic OH excluding ortho intramolecular Hbond substituents is 1. The number of aromatic hydroxyl groups is 1. The molecule has 1 aromatic heterocycles. The fraction of sp³-hybridized carbons (Fsp3) is 0.333. The quantitative estimate of drug-likeness (QED) is 0.633. The number of amides is 1. The number of hydrogen-bond donors (Lipinski definition) is 2. The molecule has 0 bridgehead atoms. The zero-order chi connectivity index (χ0) is 21.4. The smallest absolute Gasteiger partial charge is 0.273 e. The van der Waals surface area contributed by atoms with E-state index in [9.17, 15) is 9.90 Å². The van der Waals surface area contributed by atoms with Crippen molar-refractivity contribution in [1.29, 1.82) is 0 Å².